The van der Waals surface area contributed by atoms with E-state index in [1.165, 1.54) is 0 Å². The lowest BCUT2D eigenvalue weighted by molar-refractivity contribution is -0.384. The van der Waals surface area contributed by atoms with Crippen LogP contribution in [0, 0.1) is 15.9 Å². The Morgan fingerprint density at radius 3 is 2.67 bits per heavy atom. The second-order valence-electron chi connectivity index (χ2n) is 4.79. The number of nitrogens with one attached hydrogen (secondary N) is 1. The van der Waals surface area contributed by atoms with E-state index in [1.54, 1.807) is 0 Å². The smallest absolute Gasteiger partial charge is 0.270 e. The minimum atomic E-state index is -0.749. The minimum Gasteiger partial charge on any atom is -0.347 e. The highest BCUT2D eigenvalue weighted by molar-refractivity contribution is 5.95. The van der Waals surface area contributed by atoms with Crippen molar-refractivity contribution >= 4 is 11.6 Å². The van der Waals surface area contributed by atoms with Gasteiger partial charge in [0.2, 0.25) is 0 Å². The Balaban J connectivity index is 2.23. The van der Waals surface area contributed by atoms with Gasteiger partial charge in [-0.15, -0.1) is 0 Å². The van der Waals surface area contributed by atoms with Crippen LogP contribution in [-0.2, 0) is 0 Å². The third-order valence-electron chi connectivity index (χ3n) is 3.28. The molecule has 0 spiro atoms. The van der Waals surface area contributed by atoms with Gasteiger partial charge < -0.3 is 5.32 Å². The molecule has 0 unspecified atom stereocenters. The second kappa shape index (κ2) is 4.36. The van der Waals surface area contributed by atoms with Crippen LogP contribution in [0.3, 0.4) is 0 Å². The number of hydrogen-bond donors (Lipinski definition) is 1. The molecular formula is C12H13FN2O3. The zero-order valence-corrected chi connectivity index (χ0v) is 9.90. The Bertz CT molecular complexity index is 512. The maximum absolute atomic E-state index is 13.5. The Hall–Kier alpha value is -1.98. The Labute approximate surface area is 103 Å². The van der Waals surface area contributed by atoms with Gasteiger partial charge >= 0.3 is 0 Å². The van der Waals surface area contributed by atoms with Gasteiger partial charge in [-0.3, -0.25) is 14.9 Å². The molecule has 1 N–H and O–H groups in total. The summed E-state index contributed by atoms with van der Waals surface area (Å²) in [6.45, 7) is 1.88. The number of halogens is 1. The number of hydrogen-bond acceptors (Lipinski definition) is 3. The number of nitro benzene ring substituents is 1. The van der Waals surface area contributed by atoms with Crippen LogP contribution in [0.5, 0.6) is 0 Å². The molecule has 1 amide bonds. The van der Waals surface area contributed by atoms with Crippen LogP contribution in [-0.4, -0.2) is 16.4 Å². The number of non-ortho nitro benzene ring substituents is 1. The van der Waals surface area contributed by atoms with E-state index in [-0.39, 0.29) is 16.8 Å². The highest BCUT2D eigenvalue weighted by Crippen LogP contribution is 2.31. The molecule has 1 aliphatic rings. The van der Waals surface area contributed by atoms with E-state index in [0.717, 1.165) is 37.5 Å². The summed E-state index contributed by atoms with van der Waals surface area (Å²) in [4.78, 5) is 21.8. The van der Waals surface area contributed by atoms with Crippen molar-refractivity contribution in [2.75, 3.05) is 0 Å². The van der Waals surface area contributed by atoms with E-state index in [4.69, 9.17) is 0 Å². The topological polar surface area (TPSA) is 72.2 Å². The molecule has 0 aliphatic heterocycles. The van der Waals surface area contributed by atoms with Gasteiger partial charge in [0.15, 0.2) is 0 Å². The Morgan fingerprint density at radius 2 is 2.17 bits per heavy atom. The fourth-order valence-corrected chi connectivity index (χ4v) is 1.97. The molecule has 0 aromatic heterocycles. The number of carbonyl (C=O) groups excluding carboxylic acids is 1. The van der Waals surface area contributed by atoms with E-state index in [1.807, 2.05) is 6.92 Å². The second-order valence-corrected chi connectivity index (χ2v) is 4.79. The predicted octanol–water partition coefficient (Wildman–Crippen LogP) is 2.41. The molecule has 5 nitrogen and oxygen atoms in total. The van der Waals surface area contributed by atoms with Gasteiger partial charge in [-0.2, -0.15) is 0 Å². The molecule has 1 fully saturated rings. The molecule has 0 atom stereocenters. The first-order valence-electron chi connectivity index (χ1n) is 5.68. The quantitative estimate of drug-likeness (QED) is 0.663. The first-order valence-corrected chi connectivity index (χ1v) is 5.68. The van der Waals surface area contributed by atoms with E-state index in [0.29, 0.717) is 0 Å². The summed E-state index contributed by atoms with van der Waals surface area (Å²) in [7, 11) is 0. The van der Waals surface area contributed by atoms with Crippen LogP contribution in [0.2, 0.25) is 0 Å². The highest BCUT2D eigenvalue weighted by Gasteiger charge is 2.34. The van der Waals surface area contributed by atoms with Gasteiger partial charge in [0.05, 0.1) is 10.5 Å². The van der Waals surface area contributed by atoms with Crippen molar-refractivity contribution in [2.45, 2.75) is 31.7 Å². The van der Waals surface area contributed by atoms with Crippen LogP contribution in [0.25, 0.3) is 0 Å². The molecule has 0 heterocycles. The summed E-state index contributed by atoms with van der Waals surface area (Å²) >= 11 is 0. The zero-order chi connectivity index (χ0) is 13.3. The first kappa shape index (κ1) is 12.5. The van der Waals surface area contributed by atoms with Crippen molar-refractivity contribution in [3.8, 4) is 0 Å². The van der Waals surface area contributed by atoms with Gasteiger partial charge in [-0.1, -0.05) is 0 Å². The zero-order valence-electron chi connectivity index (χ0n) is 9.90. The molecule has 1 aliphatic carbocycles. The van der Waals surface area contributed by atoms with Crippen molar-refractivity contribution in [3.05, 3.63) is 39.7 Å². The Morgan fingerprint density at radius 1 is 1.50 bits per heavy atom. The fraction of sp³-hybridized carbons (Fsp3) is 0.417. The Kier molecular flexibility index (Phi) is 3.02. The van der Waals surface area contributed by atoms with Crippen molar-refractivity contribution in [1.82, 2.24) is 5.32 Å². The number of nitro groups is 1. The van der Waals surface area contributed by atoms with Gasteiger partial charge in [0.1, 0.15) is 5.82 Å². The normalized spacial score (nSPS) is 16.8. The molecule has 1 aromatic rings. The van der Waals surface area contributed by atoms with Gasteiger partial charge in [0, 0.05) is 17.7 Å². The number of rotatable bonds is 3. The molecule has 0 radical (unpaired) electrons. The standard InChI is InChI=1S/C12H13FN2O3/c1-12(5-2-6-12)14-11(16)9-7-8(15(17)18)3-4-10(9)13/h3-4,7H,2,5-6H2,1H3,(H,14,16). The summed E-state index contributed by atoms with van der Waals surface area (Å²) in [6, 6.07) is 2.94. The van der Waals surface area contributed by atoms with Crippen molar-refractivity contribution in [2.24, 2.45) is 0 Å². The van der Waals surface area contributed by atoms with Crippen LogP contribution >= 0.6 is 0 Å². The van der Waals surface area contributed by atoms with E-state index in [9.17, 15) is 19.3 Å². The van der Waals surface area contributed by atoms with Crippen LogP contribution in [0.15, 0.2) is 18.2 Å². The lowest BCUT2D eigenvalue weighted by Crippen LogP contribution is -2.51. The average Bonchev–Trinajstić information content (AvgIpc) is 2.27. The van der Waals surface area contributed by atoms with Crippen molar-refractivity contribution in [3.63, 3.8) is 0 Å². The van der Waals surface area contributed by atoms with Crippen LogP contribution < -0.4 is 5.32 Å². The number of carbonyl (C=O) groups is 1. The van der Waals surface area contributed by atoms with Gasteiger partial charge in [-0.05, 0) is 32.3 Å². The molecule has 0 saturated heterocycles. The molecule has 6 heteroatoms. The van der Waals surface area contributed by atoms with Crippen LogP contribution in [0.4, 0.5) is 10.1 Å². The van der Waals surface area contributed by atoms with Gasteiger partial charge in [-0.25, -0.2) is 4.39 Å². The molecular weight excluding hydrogens is 239 g/mol. The van der Waals surface area contributed by atoms with Gasteiger partial charge in [0.25, 0.3) is 11.6 Å². The lowest BCUT2D eigenvalue weighted by atomic mass is 9.78. The summed E-state index contributed by atoms with van der Waals surface area (Å²) < 4.78 is 13.5. The average molecular weight is 252 g/mol. The minimum absolute atomic E-state index is 0.280. The SMILES string of the molecule is CC1(NC(=O)c2cc([N+](=O)[O-])ccc2F)CCC1. The van der Waals surface area contributed by atoms with Crippen molar-refractivity contribution < 1.29 is 14.1 Å². The van der Waals surface area contributed by atoms with E-state index < -0.39 is 16.6 Å². The molecule has 2 rings (SSSR count). The molecule has 96 valence electrons. The largest absolute Gasteiger partial charge is 0.347 e. The maximum atomic E-state index is 13.5. The maximum Gasteiger partial charge on any atom is 0.270 e. The van der Waals surface area contributed by atoms with E-state index in [2.05, 4.69) is 5.32 Å². The number of benzene rings is 1. The van der Waals surface area contributed by atoms with Crippen molar-refractivity contribution in [1.29, 1.82) is 0 Å². The molecule has 1 saturated carbocycles. The monoisotopic (exact) mass is 252 g/mol. The third kappa shape index (κ3) is 2.32. The molecule has 18 heavy (non-hydrogen) atoms. The third-order valence-corrected chi connectivity index (χ3v) is 3.28. The highest BCUT2D eigenvalue weighted by atomic mass is 19.1. The molecule has 0 bridgehead atoms. The summed E-state index contributed by atoms with van der Waals surface area (Å²) in [5, 5.41) is 13.3. The lowest BCUT2D eigenvalue weighted by Gasteiger charge is -2.39. The predicted molar refractivity (Wildman–Crippen MR) is 62.8 cm³/mol. The summed E-state index contributed by atoms with van der Waals surface area (Å²) in [6.07, 6.45) is 2.71. The molecule has 1 aromatic carbocycles. The first-order chi connectivity index (χ1) is 8.41. The summed E-state index contributed by atoms with van der Waals surface area (Å²) in [5.41, 5.74) is -0.883. The van der Waals surface area contributed by atoms with E-state index >= 15 is 0 Å². The summed E-state index contributed by atoms with van der Waals surface area (Å²) in [5.74, 6) is -1.35. The number of nitrogens with zero attached hydrogens (tertiary/aromatic N) is 1. The number of amides is 1. The van der Waals surface area contributed by atoms with Crippen LogP contribution in [0.1, 0.15) is 36.5 Å². The fourth-order valence-electron chi connectivity index (χ4n) is 1.97.